The molecule has 2 rings (SSSR count). The Labute approximate surface area is 115 Å². The normalized spacial score (nSPS) is 34.0. The number of nitrogens with one attached hydrogen (secondary N) is 1. The Kier molecular flexibility index (Phi) is 4.84. The molecule has 0 unspecified atom stereocenters. The molecule has 0 spiro atoms. The van der Waals surface area contributed by atoms with Crippen LogP contribution in [0.15, 0.2) is 18.2 Å². The van der Waals surface area contributed by atoms with Crippen molar-refractivity contribution in [1.29, 1.82) is 0 Å². The van der Waals surface area contributed by atoms with Gasteiger partial charge in [0.2, 0.25) is 5.95 Å². The van der Waals surface area contributed by atoms with E-state index in [2.05, 4.69) is 10.3 Å². The average Bonchev–Trinajstić information content (AvgIpc) is 2.44. The number of anilines is 1. The molecule has 5 atom stereocenters. The van der Waals surface area contributed by atoms with Crippen molar-refractivity contribution in [3.05, 3.63) is 24.1 Å². The molecule has 4 N–H and O–H groups in total. The SMILES string of the molecule is CO[C@@H]1O[C@H](CO)[C@H](O)[C@H](O)[C@H]1Nc1cccc(F)n1. The van der Waals surface area contributed by atoms with Gasteiger partial charge >= 0.3 is 0 Å². The molecule has 0 radical (unpaired) electrons. The van der Waals surface area contributed by atoms with E-state index in [0.29, 0.717) is 0 Å². The van der Waals surface area contributed by atoms with Crippen LogP contribution in [-0.2, 0) is 9.47 Å². The minimum atomic E-state index is -1.29. The maximum atomic E-state index is 13.0. The molecule has 0 aliphatic carbocycles. The van der Waals surface area contributed by atoms with Gasteiger partial charge in [0, 0.05) is 7.11 Å². The first-order valence-electron chi connectivity index (χ1n) is 6.11. The molecule has 7 nitrogen and oxygen atoms in total. The molecule has 2 heterocycles. The van der Waals surface area contributed by atoms with Crippen LogP contribution in [0.2, 0.25) is 0 Å². The zero-order valence-corrected chi connectivity index (χ0v) is 10.8. The molecule has 0 bridgehead atoms. The number of methoxy groups -OCH3 is 1. The van der Waals surface area contributed by atoms with E-state index >= 15 is 0 Å². The van der Waals surface area contributed by atoms with E-state index in [1.807, 2.05) is 0 Å². The largest absolute Gasteiger partial charge is 0.394 e. The van der Waals surface area contributed by atoms with Crippen LogP contribution in [0.3, 0.4) is 0 Å². The molecule has 1 aromatic rings. The summed E-state index contributed by atoms with van der Waals surface area (Å²) in [4.78, 5) is 3.60. The van der Waals surface area contributed by atoms with Crippen LogP contribution in [0.1, 0.15) is 0 Å². The first-order chi connectivity index (χ1) is 9.56. The molecular weight excluding hydrogens is 271 g/mol. The van der Waals surface area contributed by atoms with Crippen LogP contribution in [0.4, 0.5) is 10.2 Å². The standard InChI is InChI=1S/C12H17FN2O5/c1-19-12-9(11(18)10(17)6(5-16)20-12)15-8-4-2-3-7(13)14-8/h2-4,6,9-12,16-18H,5H2,1H3,(H,14,15)/t6-,9-,10+,11-,12-/m1/s1. The summed E-state index contributed by atoms with van der Waals surface area (Å²) in [7, 11) is 1.36. The van der Waals surface area contributed by atoms with Crippen LogP contribution < -0.4 is 5.32 Å². The number of rotatable bonds is 4. The number of nitrogens with zero attached hydrogens (tertiary/aromatic N) is 1. The third-order valence-electron chi connectivity index (χ3n) is 3.14. The molecule has 1 fully saturated rings. The number of aliphatic hydroxyl groups is 3. The molecule has 0 saturated carbocycles. The smallest absolute Gasteiger partial charge is 0.214 e. The van der Waals surface area contributed by atoms with Gasteiger partial charge in [0.1, 0.15) is 30.2 Å². The maximum absolute atomic E-state index is 13.0. The lowest BCUT2D eigenvalue weighted by atomic mass is 9.97. The second kappa shape index (κ2) is 6.42. The van der Waals surface area contributed by atoms with E-state index in [0.717, 1.165) is 0 Å². The first kappa shape index (κ1) is 15.1. The molecule has 1 aromatic heterocycles. The fourth-order valence-corrected chi connectivity index (χ4v) is 2.10. The van der Waals surface area contributed by atoms with Crippen molar-refractivity contribution in [3.63, 3.8) is 0 Å². The highest BCUT2D eigenvalue weighted by Crippen LogP contribution is 2.24. The van der Waals surface area contributed by atoms with Crippen LogP contribution >= 0.6 is 0 Å². The van der Waals surface area contributed by atoms with Crippen molar-refractivity contribution in [1.82, 2.24) is 4.98 Å². The highest BCUT2D eigenvalue weighted by atomic mass is 19.1. The van der Waals surface area contributed by atoms with Gasteiger partial charge in [0.25, 0.3) is 0 Å². The summed E-state index contributed by atoms with van der Waals surface area (Å²) < 4.78 is 23.4. The Morgan fingerprint density at radius 1 is 1.40 bits per heavy atom. The summed E-state index contributed by atoms with van der Waals surface area (Å²) in [5.41, 5.74) is 0. The van der Waals surface area contributed by atoms with Gasteiger partial charge in [-0.05, 0) is 12.1 Å². The summed E-state index contributed by atoms with van der Waals surface area (Å²) in [6, 6.07) is 3.29. The third-order valence-corrected chi connectivity index (χ3v) is 3.14. The predicted octanol–water partition coefficient (Wildman–Crippen LogP) is -0.913. The zero-order valence-electron chi connectivity index (χ0n) is 10.8. The molecule has 8 heteroatoms. The minimum absolute atomic E-state index is 0.175. The quantitative estimate of drug-likeness (QED) is 0.532. The van der Waals surface area contributed by atoms with Gasteiger partial charge in [-0.25, -0.2) is 4.98 Å². The van der Waals surface area contributed by atoms with Gasteiger partial charge in [-0.15, -0.1) is 0 Å². The Morgan fingerprint density at radius 3 is 2.75 bits per heavy atom. The number of halogens is 1. The van der Waals surface area contributed by atoms with Crippen molar-refractivity contribution in [2.45, 2.75) is 30.6 Å². The Hall–Kier alpha value is -1.32. The fourth-order valence-electron chi connectivity index (χ4n) is 2.10. The van der Waals surface area contributed by atoms with Crippen molar-refractivity contribution in [2.75, 3.05) is 19.0 Å². The van der Waals surface area contributed by atoms with Crippen molar-refractivity contribution >= 4 is 5.82 Å². The molecule has 0 aromatic carbocycles. The summed E-state index contributed by atoms with van der Waals surface area (Å²) in [6.45, 7) is -0.455. The van der Waals surface area contributed by atoms with Gasteiger partial charge in [0.05, 0.1) is 6.61 Å². The van der Waals surface area contributed by atoms with Gasteiger partial charge in [-0.2, -0.15) is 4.39 Å². The number of ether oxygens (including phenoxy) is 2. The van der Waals surface area contributed by atoms with E-state index in [1.165, 1.54) is 25.3 Å². The summed E-state index contributed by atoms with van der Waals surface area (Å²) in [6.07, 6.45) is -4.43. The van der Waals surface area contributed by atoms with E-state index in [4.69, 9.17) is 14.6 Å². The minimum Gasteiger partial charge on any atom is -0.394 e. The molecule has 1 saturated heterocycles. The summed E-state index contributed by atoms with van der Waals surface area (Å²) in [5.74, 6) is -0.502. The Bertz CT molecular complexity index is 448. The average molecular weight is 288 g/mol. The summed E-state index contributed by atoms with van der Waals surface area (Å²) in [5, 5.41) is 31.7. The highest BCUT2D eigenvalue weighted by molar-refractivity contribution is 5.36. The van der Waals surface area contributed by atoms with Crippen LogP contribution in [-0.4, -0.2) is 64.7 Å². The van der Waals surface area contributed by atoms with Gasteiger partial charge in [-0.3, -0.25) is 0 Å². The van der Waals surface area contributed by atoms with Gasteiger partial charge < -0.3 is 30.1 Å². The molecule has 20 heavy (non-hydrogen) atoms. The topological polar surface area (TPSA) is 104 Å². The number of aliphatic hydroxyl groups excluding tert-OH is 3. The third kappa shape index (κ3) is 3.05. The first-order valence-corrected chi connectivity index (χ1v) is 6.11. The molecule has 1 aliphatic heterocycles. The van der Waals surface area contributed by atoms with E-state index in [-0.39, 0.29) is 5.82 Å². The van der Waals surface area contributed by atoms with Crippen LogP contribution in [0.25, 0.3) is 0 Å². The number of hydrogen-bond acceptors (Lipinski definition) is 7. The molecule has 112 valence electrons. The zero-order chi connectivity index (χ0) is 14.7. The molecular formula is C12H17FN2O5. The van der Waals surface area contributed by atoms with Crippen LogP contribution in [0, 0.1) is 5.95 Å². The van der Waals surface area contributed by atoms with Crippen molar-refractivity contribution < 1.29 is 29.2 Å². The van der Waals surface area contributed by atoms with Crippen molar-refractivity contribution in [2.24, 2.45) is 0 Å². The predicted molar refractivity (Wildman–Crippen MR) is 66.4 cm³/mol. The lowest BCUT2D eigenvalue weighted by Crippen LogP contribution is -2.61. The number of hydrogen-bond donors (Lipinski definition) is 4. The molecule has 1 aliphatic rings. The lowest BCUT2D eigenvalue weighted by molar-refractivity contribution is -0.254. The van der Waals surface area contributed by atoms with Gasteiger partial charge in [0.15, 0.2) is 6.29 Å². The van der Waals surface area contributed by atoms with E-state index in [9.17, 15) is 14.6 Å². The fraction of sp³-hybridized carbons (Fsp3) is 0.583. The Morgan fingerprint density at radius 2 is 2.15 bits per heavy atom. The van der Waals surface area contributed by atoms with E-state index < -0.39 is 43.2 Å². The van der Waals surface area contributed by atoms with Gasteiger partial charge in [-0.1, -0.05) is 6.07 Å². The van der Waals surface area contributed by atoms with E-state index in [1.54, 1.807) is 0 Å². The second-order valence-corrected chi connectivity index (χ2v) is 4.46. The number of aromatic nitrogens is 1. The van der Waals surface area contributed by atoms with Crippen molar-refractivity contribution in [3.8, 4) is 0 Å². The second-order valence-electron chi connectivity index (χ2n) is 4.46. The maximum Gasteiger partial charge on any atom is 0.214 e. The Balaban J connectivity index is 2.15. The summed E-state index contributed by atoms with van der Waals surface area (Å²) >= 11 is 0. The number of pyridine rings is 1. The lowest BCUT2D eigenvalue weighted by Gasteiger charge is -2.41. The van der Waals surface area contributed by atoms with Crippen LogP contribution in [0.5, 0.6) is 0 Å². The molecule has 0 amide bonds. The monoisotopic (exact) mass is 288 g/mol. The highest BCUT2D eigenvalue weighted by Gasteiger charge is 2.44.